The van der Waals surface area contributed by atoms with Gasteiger partial charge in [0, 0.05) is 30.4 Å². The molecule has 0 saturated carbocycles. The van der Waals surface area contributed by atoms with Gasteiger partial charge in [-0.3, -0.25) is 9.59 Å². The molecule has 1 aliphatic rings. The van der Waals surface area contributed by atoms with Crippen LogP contribution in [0.3, 0.4) is 0 Å². The van der Waals surface area contributed by atoms with E-state index in [1.165, 1.54) is 12.1 Å². The predicted octanol–water partition coefficient (Wildman–Crippen LogP) is 2.38. The summed E-state index contributed by atoms with van der Waals surface area (Å²) in [5, 5.41) is 12.1. The van der Waals surface area contributed by atoms with Crippen molar-refractivity contribution in [3.8, 4) is 5.75 Å². The number of hydrogen-bond acceptors (Lipinski definition) is 3. The molecule has 2 aromatic rings. The van der Waals surface area contributed by atoms with E-state index in [1.807, 2.05) is 30.3 Å². The number of anilines is 2. The van der Waals surface area contributed by atoms with Gasteiger partial charge in [-0.2, -0.15) is 0 Å². The maximum absolute atomic E-state index is 12.3. The van der Waals surface area contributed by atoms with Crippen LogP contribution in [0.4, 0.5) is 11.4 Å². The molecule has 2 aromatic carbocycles. The van der Waals surface area contributed by atoms with Crippen LogP contribution in [-0.4, -0.2) is 23.5 Å². The summed E-state index contributed by atoms with van der Waals surface area (Å²) in [7, 11) is 0. The summed E-state index contributed by atoms with van der Waals surface area (Å²) in [6.45, 7) is 0.369. The molecule has 0 spiro atoms. The van der Waals surface area contributed by atoms with Gasteiger partial charge in [0.2, 0.25) is 11.8 Å². The van der Waals surface area contributed by atoms with E-state index in [0.717, 1.165) is 5.69 Å². The van der Waals surface area contributed by atoms with Gasteiger partial charge in [0.05, 0.1) is 5.92 Å². The second kappa shape index (κ2) is 5.89. The molecule has 1 aliphatic heterocycles. The molecule has 5 heteroatoms. The van der Waals surface area contributed by atoms with Gasteiger partial charge in [0.15, 0.2) is 0 Å². The van der Waals surface area contributed by atoms with Crippen LogP contribution in [0.5, 0.6) is 5.75 Å². The number of nitrogens with one attached hydrogen (secondary N) is 1. The Labute approximate surface area is 128 Å². The first-order valence-electron chi connectivity index (χ1n) is 7.09. The number of nitrogens with zero attached hydrogens (tertiary/aromatic N) is 1. The molecule has 22 heavy (non-hydrogen) atoms. The maximum Gasteiger partial charge on any atom is 0.229 e. The van der Waals surface area contributed by atoms with Crippen molar-refractivity contribution >= 4 is 23.2 Å². The number of para-hydroxylation sites is 1. The lowest BCUT2D eigenvalue weighted by Crippen LogP contribution is -2.28. The minimum atomic E-state index is -0.393. The zero-order valence-corrected chi connectivity index (χ0v) is 11.9. The highest BCUT2D eigenvalue weighted by Gasteiger charge is 2.35. The highest BCUT2D eigenvalue weighted by Crippen LogP contribution is 2.26. The fourth-order valence-corrected chi connectivity index (χ4v) is 2.57. The molecule has 0 unspecified atom stereocenters. The first-order chi connectivity index (χ1) is 10.6. The van der Waals surface area contributed by atoms with Gasteiger partial charge >= 0.3 is 0 Å². The van der Waals surface area contributed by atoms with Gasteiger partial charge in [-0.1, -0.05) is 24.3 Å². The lowest BCUT2D eigenvalue weighted by atomic mass is 10.1. The third-order valence-electron chi connectivity index (χ3n) is 3.68. The Morgan fingerprint density at radius 3 is 2.64 bits per heavy atom. The van der Waals surface area contributed by atoms with E-state index < -0.39 is 5.92 Å². The zero-order valence-electron chi connectivity index (χ0n) is 11.9. The standard InChI is InChI=1S/C17H16N2O3/c20-15-8-4-5-13(10-15)18-17(22)12-9-16(21)19(11-12)14-6-2-1-3-7-14/h1-8,10,12,20H,9,11H2,(H,18,22)/t12-/m1/s1. The van der Waals surface area contributed by atoms with Crippen molar-refractivity contribution in [3.63, 3.8) is 0 Å². The molecular formula is C17H16N2O3. The maximum atomic E-state index is 12.3. The number of carbonyl (C=O) groups excluding carboxylic acids is 2. The monoisotopic (exact) mass is 296 g/mol. The highest BCUT2D eigenvalue weighted by molar-refractivity contribution is 6.03. The number of aromatic hydroxyl groups is 1. The summed E-state index contributed by atoms with van der Waals surface area (Å²) >= 11 is 0. The first kappa shape index (κ1) is 14.1. The van der Waals surface area contributed by atoms with Crippen molar-refractivity contribution in [2.45, 2.75) is 6.42 Å². The van der Waals surface area contributed by atoms with Gasteiger partial charge < -0.3 is 15.3 Å². The van der Waals surface area contributed by atoms with Crippen LogP contribution in [0.15, 0.2) is 54.6 Å². The summed E-state index contributed by atoms with van der Waals surface area (Å²) in [6.07, 6.45) is 0.194. The smallest absolute Gasteiger partial charge is 0.229 e. The van der Waals surface area contributed by atoms with Crippen molar-refractivity contribution < 1.29 is 14.7 Å². The fraction of sp³-hybridized carbons (Fsp3) is 0.176. The molecule has 1 atom stereocenters. The van der Waals surface area contributed by atoms with Crippen molar-refractivity contribution in [1.82, 2.24) is 0 Å². The minimum Gasteiger partial charge on any atom is -0.508 e. The van der Waals surface area contributed by atoms with Gasteiger partial charge in [0.1, 0.15) is 5.75 Å². The van der Waals surface area contributed by atoms with E-state index in [4.69, 9.17) is 0 Å². The van der Waals surface area contributed by atoms with E-state index >= 15 is 0 Å². The average Bonchev–Trinajstić information content (AvgIpc) is 2.90. The summed E-state index contributed by atoms with van der Waals surface area (Å²) in [5.41, 5.74) is 1.33. The molecule has 2 N–H and O–H groups in total. The summed E-state index contributed by atoms with van der Waals surface area (Å²) < 4.78 is 0. The summed E-state index contributed by atoms with van der Waals surface area (Å²) in [6, 6.07) is 15.7. The fourth-order valence-electron chi connectivity index (χ4n) is 2.57. The van der Waals surface area contributed by atoms with Crippen LogP contribution in [-0.2, 0) is 9.59 Å². The second-order valence-corrected chi connectivity index (χ2v) is 5.28. The van der Waals surface area contributed by atoms with Crippen LogP contribution in [0.1, 0.15) is 6.42 Å². The van der Waals surface area contributed by atoms with E-state index in [9.17, 15) is 14.7 Å². The topological polar surface area (TPSA) is 69.6 Å². The van der Waals surface area contributed by atoms with Crippen LogP contribution in [0, 0.1) is 5.92 Å². The normalized spacial score (nSPS) is 17.5. The molecule has 0 aliphatic carbocycles. The number of carbonyl (C=O) groups is 2. The molecule has 5 nitrogen and oxygen atoms in total. The molecule has 1 heterocycles. The Hall–Kier alpha value is -2.82. The van der Waals surface area contributed by atoms with Crippen LogP contribution < -0.4 is 10.2 Å². The molecule has 0 aromatic heterocycles. The molecule has 112 valence electrons. The number of rotatable bonds is 3. The highest BCUT2D eigenvalue weighted by atomic mass is 16.3. The van der Waals surface area contributed by atoms with Crippen molar-refractivity contribution in [2.24, 2.45) is 5.92 Å². The van der Waals surface area contributed by atoms with Gasteiger partial charge in [0.25, 0.3) is 0 Å². The Balaban J connectivity index is 1.69. The zero-order chi connectivity index (χ0) is 15.5. The Bertz CT molecular complexity index is 700. The number of amides is 2. The number of benzene rings is 2. The Kier molecular flexibility index (Phi) is 3.78. The van der Waals surface area contributed by atoms with E-state index in [0.29, 0.717) is 12.2 Å². The molecule has 1 saturated heterocycles. The lowest BCUT2D eigenvalue weighted by molar-refractivity contribution is -0.122. The molecule has 2 amide bonds. The average molecular weight is 296 g/mol. The molecule has 0 bridgehead atoms. The largest absolute Gasteiger partial charge is 0.508 e. The molecule has 1 fully saturated rings. The van der Waals surface area contributed by atoms with E-state index in [2.05, 4.69) is 5.32 Å². The van der Waals surface area contributed by atoms with Crippen molar-refractivity contribution in [3.05, 3.63) is 54.6 Å². The third-order valence-corrected chi connectivity index (χ3v) is 3.68. The first-order valence-corrected chi connectivity index (χ1v) is 7.09. The predicted molar refractivity (Wildman–Crippen MR) is 83.6 cm³/mol. The van der Waals surface area contributed by atoms with E-state index in [-0.39, 0.29) is 24.0 Å². The number of phenols is 1. The molecule has 3 rings (SSSR count). The number of phenolic OH excluding ortho intramolecular Hbond substituents is 1. The lowest BCUT2D eigenvalue weighted by Gasteiger charge is -2.16. The summed E-state index contributed by atoms with van der Waals surface area (Å²) in [4.78, 5) is 26.0. The molecule has 0 radical (unpaired) electrons. The SMILES string of the molecule is O=C(Nc1cccc(O)c1)[C@@H]1CC(=O)N(c2ccccc2)C1. The second-order valence-electron chi connectivity index (χ2n) is 5.28. The van der Waals surface area contributed by atoms with Crippen molar-refractivity contribution in [2.75, 3.05) is 16.8 Å². The third kappa shape index (κ3) is 2.93. The van der Waals surface area contributed by atoms with Crippen LogP contribution in [0.2, 0.25) is 0 Å². The Morgan fingerprint density at radius 1 is 1.14 bits per heavy atom. The van der Waals surface area contributed by atoms with Crippen LogP contribution in [0.25, 0.3) is 0 Å². The van der Waals surface area contributed by atoms with Gasteiger partial charge in [-0.25, -0.2) is 0 Å². The van der Waals surface area contributed by atoms with Crippen LogP contribution >= 0.6 is 0 Å². The van der Waals surface area contributed by atoms with E-state index in [1.54, 1.807) is 17.0 Å². The molecular weight excluding hydrogens is 280 g/mol. The van der Waals surface area contributed by atoms with Crippen molar-refractivity contribution in [1.29, 1.82) is 0 Å². The Morgan fingerprint density at radius 2 is 1.91 bits per heavy atom. The minimum absolute atomic E-state index is 0.0535. The quantitative estimate of drug-likeness (QED) is 0.913. The number of hydrogen-bond donors (Lipinski definition) is 2. The van der Waals surface area contributed by atoms with Gasteiger partial charge in [-0.05, 0) is 24.3 Å². The van der Waals surface area contributed by atoms with Gasteiger partial charge in [-0.15, -0.1) is 0 Å². The summed E-state index contributed by atoms with van der Waals surface area (Å²) in [5.74, 6) is -0.569.